The number of nitrogens with two attached hydrogens (primary N) is 1. The van der Waals surface area contributed by atoms with Gasteiger partial charge in [0.2, 0.25) is 5.91 Å². The van der Waals surface area contributed by atoms with Crippen LogP contribution < -0.4 is 15.8 Å². The fraction of sp³-hybridized carbons (Fsp3) is 0.176. The van der Waals surface area contributed by atoms with Crippen molar-refractivity contribution in [1.82, 2.24) is 0 Å². The number of primary amides is 1. The topological polar surface area (TPSA) is 81.4 Å². The first kappa shape index (κ1) is 15.6. The van der Waals surface area contributed by atoms with Crippen molar-refractivity contribution in [2.24, 2.45) is 5.73 Å². The van der Waals surface area contributed by atoms with Gasteiger partial charge in [0, 0.05) is 11.3 Å². The highest BCUT2D eigenvalue weighted by molar-refractivity contribution is 5.93. The van der Waals surface area contributed by atoms with E-state index in [1.54, 1.807) is 24.3 Å². The summed E-state index contributed by atoms with van der Waals surface area (Å²) in [5.74, 6) is -0.241. The van der Waals surface area contributed by atoms with Gasteiger partial charge < -0.3 is 15.8 Å². The summed E-state index contributed by atoms with van der Waals surface area (Å²) in [6, 6.07) is 14.0. The quantitative estimate of drug-likeness (QED) is 0.859. The first-order valence-electron chi connectivity index (χ1n) is 7.00. The Morgan fingerprint density at radius 1 is 1.14 bits per heavy atom. The van der Waals surface area contributed by atoms with Gasteiger partial charge in [-0.25, -0.2) is 0 Å². The molecule has 0 aliphatic heterocycles. The highest BCUT2D eigenvalue weighted by atomic mass is 16.5. The number of rotatable bonds is 6. The molecule has 0 fully saturated rings. The molecule has 2 rings (SSSR count). The van der Waals surface area contributed by atoms with Crippen molar-refractivity contribution < 1.29 is 14.3 Å². The summed E-state index contributed by atoms with van der Waals surface area (Å²) in [4.78, 5) is 22.8. The van der Waals surface area contributed by atoms with Crippen LogP contribution in [0.3, 0.4) is 0 Å². The predicted octanol–water partition coefficient (Wildman–Crippen LogP) is 2.37. The van der Waals surface area contributed by atoms with Crippen LogP contribution in [0, 0.1) is 0 Å². The number of carbonyl (C=O) groups excluding carboxylic acids is 2. The van der Waals surface area contributed by atoms with Crippen molar-refractivity contribution in [2.75, 3.05) is 11.9 Å². The van der Waals surface area contributed by atoms with Crippen LogP contribution in [0.1, 0.15) is 22.8 Å². The maximum Gasteiger partial charge on any atom is 0.262 e. The molecule has 2 aromatic rings. The van der Waals surface area contributed by atoms with E-state index in [4.69, 9.17) is 10.5 Å². The third-order valence-corrected chi connectivity index (χ3v) is 3.13. The van der Waals surface area contributed by atoms with Crippen molar-refractivity contribution in [3.8, 4) is 5.75 Å². The van der Waals surface area contributed by atoms with Crippen LogP contribution in [-0.4, -0.2) is 18.4 Å². The average molecular weight is 298 g/mol. The number of anilines is 1. The molecule has 0 unspecified atom stereocenters. The Morgan fingerprint density at radius 2 is 1.86 bits per heavy atom. The molecule has 0 saturated carbocycles. The fourth-order valence-electron chi connectivity index (χ4n) is 1.93. The Balaban J connectivity index is 1.88. The SMILES string of the molecule is CCc1cccc(NC(=O)COc2ccc(C(N)=O)cc2)c1. The molecule has 0 saturated heterocycles. The zero-order valence-electron chi connectivity index (χ0n) is 12.3. The third-order valence-electron chi connectivity index (χ3n) is 3.13. The van der Waals surface area contributed by atoms with E-state index in [1.165, 1.54) is 0 Å². The molecule has 0 spiro atoms. The van der Waals surface area contributed by atoms with Crippen LogP contribution in [0.15, 0.2) is 48.5 Å². The largest absolute Gasteiger partial charge is 0.484 e. The summed E-state index contributed by atoms with van der Waals surface area (Å²) in [5.41, 5.74) is 7.45. The third kappa shape index (κ3) is 4.34. The highest BCUT2D eigenvalue weighted by Gasteiger charge is 2.05. The molecule has 0 bridgehead atoms. The minimum Gasteiger partial charge on any atom is -0.484 e. The Hall–Kier alpha value is -2.82. The van der Waals surface area contributed by atoms with Gasteiger partial charge in [0.15, 0.2) is 6.61 Å². The zero-order valence-corrected chi connectivity index (χ0v) is 12.3. The number of ether oxygens (including phenoxy) is 1. The fourth-order valence-corrected chi connectivity index (χ4v) is 1.93. The second-order valence-electron chi connectivity index (χ2n) is 4.78. The van der Waals surface area contributed by atoms with Gasteiger partial charge in [-0.2, -0.15) is 0 Å². The number of hydrogen-bond acceptors (Lipinski definition) is 3. The van der Waals surface area contributed by atoms with Gasteiger partial charge in [0.1, 0.15) is 5.75 Å². The van der Waals surface area contributed by atoms with Crippen LogP contribution >= 0.6 is 0 Å². The molecule has 0 heterocycles. The van der Waals surface area contributed by atoms with Gasteiger partial charge in [-0.05, 0) is 48.4 Å². The minimum absolute atomic E-state index is 0.105. The van der Waals surface area contributed by atoms with E-state index in [9.17, 15) is 9.59 Å². The van der Waals surface area contributed by atoms with Crippen molar-refractivity contribution in [3.63, 3.8) is 0 Å². The summed E-state index contributed by atoms with van der Waals surface area (Å²) in [5, 5.41) is 2.78. The second kappa shape index (κ2) is 7.26. The molecule has 2 aromatic carbocycles. The van der Waals surface area contributed by atoms with Crippen molar-refractivity contribution in [2.45, 2.75) is 13.3 Å². The lowest BCUT2D eigenvalue weighted by Crippen LogP contribution is -2.20. The highest BCUT2D eigenvalue weighted by Crippen LogP contribution is 2.13. The van der Waals surface area contributed by atoms with E-state index in [2.05, 4.69) is 12.2 Å². The van der Waals surface area contributed by atoms with Crippen LogP contribution in [0.5, 0.6) is 5.75 Å². The van der Waals surface area contributed by atoms with Gasteiger partial charge in [0.25, 0.3) is 5.91 Å². The monoisotopic (exact) mass is 298 g/mol. The molecule has 5 heteroatoms. The van der Waals surface area contributed by atoms with Crippen LogP contribution in [-0.2, 0) is 11.2 Å². The van der Waals surface area contributed by atoms with Crippen LogP contribution in [0.2, 0.25) is 0 Å². The average Bonchev–Trinajstić information content (AvgIpc) is 2.53. The molecule has 3 N–H and O–H groups in total. The number of aryl methyl sites for hydroxylation is 1. The number of carbonyl (C=O) groups is 2. The molecular weight excluding hydrogens is 280 g/mol. The molecule has 0 aliphatic rings. The lowest BCUT2D eigenvalue weighted by Gasteiger charge is -2.08. The Bertz CT molecular complexity index is 666. The van der Waals surface area contributed by atoms with Gasteiger partial charge in [-0.1, -0.05) is 19.1 Å². The Kier molecular flexibility index (Phi) is 5.14. The molecule has 5 nitrogen and oxygen atoms in total. The molecule has 0 aliphatic carbocycles. The zero-order chi connectivity index (χ0) is 15.9. The van der Waals surface area contributed by atoms with Gasteiger partial charge in [0.05, 0.1) is 0 Å². The van der Waals surface area contributed by atoms with Crippen LogP contribution in [0.4, 0.5) is 5.69 Å². The summed E-state index contributed by atoms with van der Waals surface area (Å²) < 4.78 is 5.37. The normalized spacial score (nSPS) is 10.0. The molecule has 114 valence electrons. The lowest BCUT2D eigenvalue weighted by atomic mass is 10.1. The second-order valence-corrected chi connectivity index (χ2v) is 4.78. The van der Waals surface area contributed by atoms with E-state index in [-0.39, 0.29) is 12.5 Å². The summed E-state index contributed by atoms with van der Waals surface area (Å²) in [7, 11) is 0. The van der Waals surface area contributed by atoms with E-state index in [0.717, 1.165) is 17.7 Å². The van der Waals surface area contributed by atoms with E-state index >= 15 is 0 Å². The number of nitrogens with one attached hydrogen (secondary N) is 1. The number of benzene rings is 2. The summed E-state index contributed by atoms with van der Waals surface area (Å²) >= 11 is 0. The predicted molar refractivity (Wildman–Crippen MR) is 84.9 cm³/mol. The molecule has 0 radical (unpaired) electrons. The molecular formula is C17H18N2O3. The van der Waals surface area contributed by atoms with Gasteiger partial charge in [-0.15, -0.1) is 0 Å². The molecule has 0 aromatic heterocycles. The summed E-state index contributed by atoms with van der Waals surface area (Å²) in [6.07, 6.45) is 0.909. The Labute approximate surface area is 129 Å². The van der Waals surface area contributed by atoms with Crippen molar-refractivity contribution in [3.05, 3.63) is 59.7 Å². The number of amides is 2. The summed E-state index contributed by atoms with van der Waals surface area (Å²) in [6.45, 7) is 1.95. The van der Waals surface area contributed by atoms with Crippen LogP contribution in [0.25, 0.3) is 0 Å². The molecule has 0 atom stereocenters. The van der Waals surface area contributed by atoms with Crippen molar-refractivity contribution >= 4 is 17.5 Å². The maximum absolute atomic E-state index is 11.9. The first-order chi connectivity index (χ1) is 10.6. The minimum atomic E-state index is -0.500. The van der Waals surface area contributed by atoms with E-state index < -0.39 is 5.91 Å². The lowest BCUT2D eigenvalue weighted by molar-refractivity contribution is -0.118. The molecule has 22 heavy (non-hydrogen) atoms. The Morgan fingerprint density at radius 3 is 2.50 bits per heavy atom. The van der Waals surface area contributed by atoms with E-state index in [1.807, 2.05) is 24.3 Å². The van der Waals surface area contributed by atoms with Crippen molar-refractivity contribution in [1.29, 1.82) is 0 Å². The molecule has 2 amide bonds. The van der Waals surface area contributed by atoms with E-state index in [0.29, 0.717) is 11.3 Å². The first-order valence-corrected chi connectivity index (χ1v) is 7.00. The van der Waals surface area contributed by atoms with Gasteiger partial charge >= 0.3 is 0 Å². The smallest absolute Gasteiger partial charge is 0.262 e. The van der Waals surface area contributed by atoms with Gasteiger partial charge in [-0.3, -0.25) is 9.59 Å². The maximum atomic E-state index is 11.9. The number of hydrogen-bond donors (Lipinski definition) is 2. The standard InChI is InChI=1S/C17H18N2O3/c1-2-12-4-3-5-14(10-12)19-16(20)11-22-15-8-6-13(7-9-15)17(18)21/h3-10H,2,11H2,1H3,(H2,18,21)(H,19,20).